The van der Waals surface area contributed by atoms with E-state index < -0.39 is 5.41 Å². The summed E-state index contributed by atoms with van der Waals surface area (Å²) in [6.45, 7) is 0. The lowest BCUT2D eigenvalue weighted by Crippen LogP contribution is -2.28. The molecule has 10 aromatic rings. The van der Waals surface area contributed by atoms with Gasteiger partial charge in [-0.1, -0.05) is 212 Å². The van der Waals surface area contributed by atoms with Crippen molar-refractivity contribution in [3.05, 3.63) is 271 Å². The fourth-order valence-electron chi connectivity index (χ4n) is 9.39. The molecule has 1 aliphatic carbocycles. The van der Waals surface area contributed by atoms with E-state index in [1.165, 1.54) is 0 Å². The van der Waals surface area contributed by atoms with Crippen LogP contribution in [0.2, 0.25) is 0 Å². The van der Waals surface area contributed by atoms with Gasteiger partial charge in [0.25, 0.3) is 0 Å². The highest BCUT2D eigenvalue weighted by Crippen LogP contribution is 2.59. The molecule has 282 valence electrons. The minimum absolute atomic E-state index is 0.104. The maximum atomic E-state index is 9.95. The second-order valence-electron chi connectivity index (χ2n) is 15.3. The van der Waals surface area contributed by atoms with Crippen LogP contribution in [0.25, 0.3) is 55.3 Å². The highest BCUT2D eigenvalue weighted by Gasteiger charge is 2.47. The summed E-state index contributed by atoms with van der Waals surface area (Å²) in [4.78, 5) is 1.97. The Morgan fingerprint density at radius 2 is 0.883 bits per heavy atom. The third kappa shape index (κ3) is 5.86. The molecule has 60 heavy (non-hydrogen) atoms. The molecule has 0 amide bonds. The Morgan fingerprint density at radius 3 is 1.65 bits per heavy atom. The average Bonchev–Trinajstić information content (AvgIpc) is 3.67. The van der Waals surface area contributed by atoms with Crippen LogP contribution in [0.3, 0.4) is 0 Å². The highest BCUT2D eigenvalue weighted by atomic mass is 15.1. The van der Waals surface area contributed by atoms with E-state index in [2.05, 4.69) is 152 Å². The lowest BCUT2D eigenvalue weighted by Gasteiger charge is -2.34. The van der Waals surface area contributed by atoms with Crippen LogP contribution in [0.1, 0.15) is 27.7 Å². The van der Waals surface area contributed by atoms with Crippen LogP contribution >= 0.6 is 0 Å². The topological polar surface area (TPSA) is 3.24 Å². The van der Waals surface area contributed by atoms with E-state index in [0.29, 0.717) is 11.3 Å². The number of fused-ring (bicyclic) bond motifs is 4. The molecule has 1 aliphatic rings. The summed E-state index contributed by atoms with van der Waals surface area (Å²) in [6.07, 6.45) is 0. The molecule has 10 aromatic carbocycles. The van der Waals surface area contributed by atoms with Gasteiger partial charge in [0.05, 0.1) is 16.6 Å². The van der Waals surface area contributed by atoms with Crippen molar-refractivity contribution in [2.24, 2.45) is 0 Å². The van der Waals surface area contributed by atoms with Crippen molar-refractivity contribution in [2.45, 2.75) is 5.41 Å². The summed E-state index contributed by atoms with van der Waals surface area (Å²) < 4.78 is 39.3. The van der Waals surface area contributed by atoms with Crippen LogP contribution in [0.15, 0.2) is 249 Å². The monoisotopic (exact) mass is 767 g/mol. The van der Waals surface area contributed by atoms with Crippen LogP contribution < -0.4 is 4.90 Å². The van der Waals surface area contributed by atoms with Crippen molar-refractivity contribution in [2.75, 3.05) is 4.90 Å². The Labute approximate surface area is 357 Å². The number of hydrogen-bond donors (Lipinski definition) is 0. The molecule has 0 saturated heterocycles. The van der Waals surface area contributed by atoms with E-state index in [4.69, 9.17) is 0 Å². The standard InChI is InChI=1S/C59H41N/c1-4-18-42(19-5-1)45-22-14-23-46(40-45)43-36-38-50(39-37-43)60(51-29-15-24-47(41-51)53-32-16-21-44-20-10-11-30-52(44)53)57-35-17-34-56-58(57)54-31-12-13-33-55(54)59(56,48-25-6-2-7-26-48)49-27-8-3-9-28-49/h1-41H/i36D,37D,38D,39D. The number of nitrogens with zero attached hydrogens (tertiary/aromatic N) is 1. The van der Waals surface area contributed by atoms with Gasteiger partial charge in [0.15, 0.2) is 0 Å². The molecule has 1 heteroatoms. The van der Waals surface area contributed by atoms with Gasteiger partial charge in [-0.25, -0.2) is 0 Å². The van der Waals surface area contributed by atoms with Gasteiger partial charge in [-0.3, -0.25) is 0 Å². The second kappa shape index (κ2) is 14.9. The normalized spacial score (nSPS) is 13.4. The van der Waals surface area contributed by atoms with Crippen molar-refractivity contribution < 1.29 is 5.48 Å². The summed E-state index contributed by atoms with van der Waals surface area (Å²) in [6, 6.07) is 76.4. The second-order valence-corrected chi connectivity index (χ2v) is 15.3. The zero-order valence-corrected chi connectivity index (χ0v) is 32.8. The molecule has 0 N–H and O–H groups in total. The molecular formula is C59H41N. The van der Waals surface area contributed by atoms with Crippen LogP contribution in [0.5, 0.6) is 0 Å². The van der Waals surface area contributed by atoms with E-state index in [1.54, 1.807) is 0 Å². The molecule has 0 radical (unpaired) electrons. The predicted molar refractivity (Wildman–Crippen MR) is 252 cm³/mol. The summed E-state index contributed by atoms with van der Waals surface area (Å²) >= 11 is 0. The van der Waals surface area contributed by atoms with Crippen molar-refractivity contribution in [1.29, 1.82) is 0 Å². The van der Waals surface area contributed by atoms with Gasteiger partial charge < -0.3 is 4.90 Å². The lowest BCUT2D eigenvalue weighted by molar-refractivity contribution is 0.768. The first kappa shape index (κ1) is 31.3. The summed E-state index contributed by atoms with van der Waals surface area (Å²) in [5.41, 5.74) is 12.3. The van der Waals surface area contributed by atoms with Crippen LogP contribution in [0, 0.1) is 0 Å². The minimum Gasteiger partial charge on any atom is -0.310 e. The zero-order chi connectivity index (χ0) is 43.4. The van der Waals surface area contributed by atoms with Crippen LogP contribution in [0.4, 0.5) is 17.1 Å². The van der Waals surface area contributed by atoms with E-state index in [1.807, 2.05) is 77.7 Å². The molecule has 0 spiro atoms. The third-order valence-corrected chi connectivity index (χ3v) is 12.0. The quantitative estimate of drug-likeness (QED) is 0.149. The average molecular weight is 768 g/mol. The van der Waals surface area contributed by atoms with Crippen LogP contribution in [-0.2, 0) is 5.41 Å². The highest BCUT2D eigenvalue weighted by molar-refractivity contribution is 6.00. The Kier molecular flexibility index (Phi) is 7.76. The first-order valence-electron chi connectivity index (χ1n) is 22.4. The minimum atomic E-state index is -0.691. The van der Waals surface area contributed by atoms with Crippen molar-refractivity contribution in [3.63, 3.8) is 0 Å². The maximum Gasteiger partial charge on any atom is 0.0714 e. The smallest absolute Gasteiger partial charge is 0.0714 e. The first-order chi connectivity index (χ1) is 31.4. The SMILES string of the molecule is [2H]c1c([2H])c(N(c2cccc(-c3cccc4ccccc34)c2)c2cccc3c2-c2ccccc2C3(c2ccccc2)c2ccccc2)c([2H])c([2H])c1-c1cccc(-c2ccccc2)c1. The third-order valence-electron chi connectivity index (χ3n) is 12.0. The molecule has 0 heterocycles. The van der Waals surface area contributed by atoms with Crippen molar-refractivity contribution in [1.82, 2.24) is 0 Å². The Hall–Kier alpha value is -7.74. The molecular weight excluding hydrogens is 723 g/mol. The van der Waals surface area contributed by atoms with Crippen molar-refractivity contribution in [3.8, 4) is 44.5 Å². The summed E-state index contributed by atoms with van der Waals surface area (Å²) in [7, 11) is 0. The zero-order valence-electron chi connectivity index (χ0n) is 36.8. The first-order valence-corrected chi connectivity index (χ1v) is 20.4. The molecule has 0 unspecified atom stereocenters. The van der Waals surface area contributed by atoms with Crippen molar-refractivity contribution >= 4 is 27.8 Å². The van der Waals surface area contributed by atoms with Crippen LogP contribution in [-0.4, -0.2) is 0 Å². The molecule has 0 bridgehead atoms. The van der Waals surface area contributed by atoms with E-state index >= 15 is 0 Å². The Balaban J connectivity index is 1.20. The van der Waals surface area contributed by atoms with Gasteiger partial charge in [-0.15, -0.1) is 0 Å². The van der Waals surface area contributed by atoms with Gasteiger partial charge in [-0.05, 0) is 108 Å². The van der Waals surface area contributed by atoms with Gasteiger partial charge in [0.2, 0.25) is 0 Å². The van der Waals surface area contributed by atoms with Gasteiger partial charge >= 0.3 is 0 Å². The molecule has 0 fully saturated rings. The van der Waals surface area contributed by atoms with E-state index in [9.17, 15) is 5.48 Å². The van der Waals surface area contributed by atoms with E-state index in [-0.39, 0.29) is 35.4 Å². The number of anilines is 3. The predicted octanol–water partition coefficient (Wildman–Crippen LogP) is 15.7. The summed E-state index contributed by atoms with van der Waals surface area (Å²) in [5, 5.41) is 2.24. The lowest BCUT2D eigenvalue weighted by atomic mass is 9.68. The van der Waals surface area contributed by atoms with Gasteiger partial charge in [-0.2, -0.15) is 0 Å². The Bertz CT molecular complexity index is 3310. The summed E-state index contributed by atoms with van der Waals surface area (Å²) in [5.74, 6) is 0. The molecule has 0 aromatic heterocycles. The molecule has 0 atom stereocenters. The molecule has 0 aliphatic heterocycles. The number of hydrogen-bond acceptors (Lipinski definition) is 1. The van der Waals surface area contributed by atoms with Gasteiger partial charge in [0, 0.05) is 16.9 Å². The van der Waals surface area contributed by atoms with E-state index in [0.717, 1.165) is 72.1 Å². The van der Waals surface area contributed by atoms with Gasteiger partial charge in [0.1, 0.15) is 0 Å². The molecule has 1 nitrogen and oxygen atoms in total. The number of rotatable bonds is 8. The fraction of sp³-hybridized carbons (Fsp3) is 0.0169. The Morgan fingerprint density at radius 1 is 0.350 bits per heavy atom. The molecule has 0 saturated carbocycles. The number of benzene rings is 10. The molecule has 11 rings (SSSR count). The fourth-order valence-corrected chi connectivity index (χ4v) is 9.39. The maximum absolute atomic E-state index is 9.95. The largest absolute Gasteiger partial charge is 0.310 e.